The summed E-state index contributed by atoms with van der Waals surface area (Å²) in [6.07, 6.45) is 2.72. The molecule has 0 saturated carbocycles. The molecule has 2 atom stereocenters. The van der Waals surface area contributed by atoms with Crippen LogP contribution in [0.4, 0.5) is 0 Å². The van der Waals surface area contributed by atoms with Crippen LogP contribution in [0.25, 0.3) is 0 Å². The zero-order valence-electron chi connectivity index (χ0n) is 6.45. The largest absolute Gasteiger partial charge is 1.00 e. The van der Waals surface area contributed by atoms with E-state index in [0.717, 1.165) is 12.1 Å². The molecule has 1 rings (SSSR count). The highest BCUT2D eigenvalue weighted by atomic mass is 35.5. The second kappa shape index (κ2) is 3.31. The molecule has 1 N–H and O–H groups in total. The third-order valence-corrected chi connectivity index (χ3v) is 1.60. The minimum Gasteiger partial charge on any atom is -1.00 e. The summed E-state index contributed by atoms with van der Waals surface area (Å²) in [5, 5.41) is 3.42. The molecule has 1 aliphatic rings. The number of halogens is 1. The number of hydrogen-bond donors (Lipinski definition) is 1. The zero-order valence-corrected chi connectivity index (χ0v) is 6.20. The lowest BCUT2D eigenvalue weighted by Crippen LogP contribution is -3.00. The Labute approximate surface area is 58.7 Å². The molecule has 1 aliphatic heterocycles. The van der Waals surface area contributed by atoms with Crippen molar-refractivity contribution in [2.24, 2.45) is 0 Å². The standard InChI is InChI=1S/C6H13N.ClH/c1-5-3-4-6(2)7-5;/h5-7H,3-4H2,1-2H3;1H/t5-,6-;/m1./s1. The van der Waals surface area contributed by atoms with Crippen molar-refractivity contribution in [2.45, 2.75) is 38.8 Å². The molecule has 0 unspecified atom stereocenters. The van der Waals surface area contributed by atoms with Gasteiger partial charge in [0.15, 0.2) is 0 Å². The van der Waals surface area contributed by atoms with Crippen LogP contribution < -0.4 is 17.7 Å². The fraction of sp³-hybridized carbons (Fsp3) is 1.00. The van der Waals surface area contributed by atoms with Gasteiger partial charge in [-0.15, -0.1) is 0 Å². The first-order valence-corrected chi connectivity index (χ1v) is 3.05. The van der Waals surface area contributed by atoms with Crippen molar-refractivity contribution >= 4 is 0 Å². The van der Waals surface area contributed by atoms with Gasteiger partial charge in [-0.1, -0.05) is 0 Å². The summed E-state index contributed by atoms with van der Waals surface area (Å²) in [5.74, 6) is 0. The molecule has 0 aromatic rings. The second-order valence-electron chi connectivity index (χ2n) is 2.55. The smallest absolute Gasteiger partial charge is 1.00 e. The summed E-state index contributed by atoms with van der Waals surface area (Å²) < 4.78 is 0. The number of nitrogens with one attached hydrogen (secondary N) is 1. The molecule has 50 valence electrons. The highest BCUT2D eigenvalue weighted by Crippen LogP contribution is 2.09. The summed E-state index contributed by atoms with van der Waals surface area (Å²) in [5.41, 5.74) is 0. The molecular weight excluding hydrogens is 122 g/mol. The van der Waals surface area contributed by atoms with Gasteiger partial charge >= 0.3 is 1.43 Å². The van der Waals surface area contributed by atoms with E-state index in [1.54, 1.807) is 0 Å². The van der Waals surface area contributed by atoms with Crippen molar-refractivity contribution in [1.82, 2.24) is 5.32 Å². The Bertz CT molecular complexity index is 62.1. The van der Waals surface area contributed by atoms with E-state index in [0.29, 0.717) is 0 Å². The summed E-state index contributed by atoms with van der Waals surface area (Å²) in [7, 11) is 0. The van der Waals surface area contributed by atoms with Crippen LogP contribution in [-0.2, 0) is 0 Å². The minimum atomic E-state index is 0. The molecule has 0 aliphatic carbocycles. The molecule has 0 aromatic carbocycles. The van der Waals surface area contributed by atoms with E-state index in [4.69, 9.17) is 0 Å². The van der Waals surface area contributed by atoms with Crippen LogP contribution in [-0.4, -0.2) is 12.1 Å². The van der Waals surface area contributed by atoms with Gasteiger partial charge in [-0.3, -0.25) is 0 Å². The summed E-state index contributed by atoms with van der Waals surface area (Å²) in [6, 6.07) is 1.55. The van der Waals surface area contributed by atoms with Gasteiger partial charge in [-0.05, 0) is 26.7 Å². The minimum absolute atomic E-state index is 0. The monoisotopic (exact) mass is 135 g/mol. The Morgan fingerprint density at radius 1 is 1.25 bits per heavy atom. The van der Waals surface area contributed by atoms with Crippen molar-refractivity contribution in [3.05, 3.63) is 0 Å². The quantitative estimate of drug-likeness (QED) is 0.416. The zero-order chi connectivity index (χ0) is 5.28. The first-order chi connectivity index (χ1) is 3.29. The maximum atomic E-state index is 3.42. The normalized spacial score (nSPS) is 36.8. The Morgan fingerprint density at radius 2 is 1.62 bits per heavy atom. The molecule has 2 heteroatoms. The summed E-state index contributed by atoms with van der Waals surface area (Å²) in [4.78, 5) is 0. The van der Waals surface area contributed by atoms with Crippen LogP contribution in [0.1, 0.15) is 28.1 Å². The van der Waals surface area contributed by atoms with Gasteiger partial charge < -0.3 is 17.7 Å². The van der Waals surface area contributed by atoms with Crippen molar-refractivity contribution in [3.63, 3.8) is 0 Å². The third kappa shape index (κ3) is 2.01. The van der Waals surface area contributed by atoms with Crippen LogP contribution in [0.15, 0.2) is 0 Å². The van der Waals surface area contributed by atoms with E-state index in [1.807, 2.05) is 0 Å². The van der Waals surface area contributed by atoms with E-state index >= 15 is 0 Å². The first kappa shape index (κ1) is 8.25. The first-order valence-electron chi connectivity index (χ1n) is 3.05. The van der Waals surface area contributed by atoms with Gasteiger partial charge in [0, 0.05) is 12.1 Å². The van der Waals surface area contributed by atoms with Gasteiger partial charge in [0.2, 0.25) is 0 Å². The van der Waals surface area contributed by atoms with Gasteiger partial charge in [0.25, 0.3) is 0 Å². The molecule has 0 spiro atoms. The Morgan fingerprint density at radius 3 is 1.75 bits per heavy atom. The molecule has 0 amide bonds. The van der Waals surface area contributed by atoms with E-state index in [2.05, 4.69) is 19.2 Å². The molecule has 1 nitrogen and oxygen atoms in total. The van der Waals surface area contributed by atoms with E-state index < -0.39 is 0 Å². The van der Waals surface area contributed by atoms with Gasteiger partial charge in [-0.2, -0.15) is 0 Å². The lowest BCUT2D eigenvalue weighted by atomic mass is 10.2. The van der Waals surface area contributed by atoms with Crippen LogP contribution in [0.3, 0.4) is 0 Å². The van der Waals surface area contributed by atoms with Crippen LogP contribution in [0.2, 0.25) is 0 Å². The molecule has 0 aromatic heterocycles. The van der Waals surface area contributed by atoms with Crippen molar-refractivity contribution in [3.8, 4) is 0 Å². The highest BCUT2D eigenvalue weighted by molar-refractivity contribution is 4.76. The molecule has 8 heavy (non-hydrogen) atoms. The average Bonchev–Trinajstić information content (AvgIpc) is 1.87. The fourth-order valence-corrected chi connectivity index (χ4v) is 1.15. The molecule has 0 bridgehead atoms. The molecule has 1 heterocycles. The Balaban J connectivity index is 0. The summed E-state index contributed by atoms with van der Waals surface area (Å²) in [6.45, 7) is 4.48. The van der Waals surface area contributed by atoms with Gasteiger partial charge in [0.1, 0.15) is 0 Å². The number of hydrogen-bond acceptors (Lipinski definition) is 1. The maximum Gasteiger partial charge on any atom is 1.00 e. The molecule has 1 saturated heterocycles. The van der Waals surface area contributed by atoms with Crippen molar-refractivity contribution in [2.75, 3.05) is 0 Å². The van der Waals surface area contributed by atoms with Crippen molar-refractivity contribution < 1.29 is 13.8 Å². The highest BCUT2D eigenvalue weighted by Gasteiger charge is 2.14. The van der Waals surface area contributed by atoms with Crippen LogP contribution in [0, 0.1) is 0 Å². The lowest BCUT2D eigenvalue weighted by Gasteiger charge is -2.01. The van der Waals surface area contributed by atoms with Crippen molar-refractivity contribution in [1.29, 1.82) is 0 Å². The predicted molar refractivity (Wildman–Crippen MR) is 32.4 cm³/mol. The van der Waals surface area contributed by atoms with Gasteiger partial charge in [0.05, 0.1) is 0 Å². The third-order valence-electron chi connectivity index (χ3n) is 1.60. The van der Waals surface area contributed by atoms with E-state index in [-0.39, 0.29) is 13.8 Å². The maximum absolute atomic E-state index is 3.42. The fourth-order valence-electron chi connectivity index (χ4n) is 1.15. The predicted octanol–water partition coefficient (Wildman–Crippen LogP) is -1.74. The number of rotatable bonds is 0. The van der Waals surface area contributed by atoms with E-state index in [9.17, 15) is 0 Å². The lowest BCUT2D eigenvalue weighted by molar-refractivity contribution is -0.00000186. The second-order valence-corrected chi connectivity index (χ2v) is 2.55. The average molecular weight is 136 g/mol. The molecular formula is C6H14ClN. The Kier molecular flexibility index (Phi) is 3.41. The Hall–Kier alpha value is 0.250. The summed E-state index contributed by atoms with van der Waals surface area (Å²) >= 11 is 0. The molecule has 0 radical (unpaired) electrons. The van der Waals surface area contributed by atoms with Crippen LogP contribution >= 0.6 is 0 Å². The SMILES string of the molecule is C[C@@H]1CC[C@@H](C)N1.[Cl-].[H+]. The van der Waals surface area contributed by atoms with E-state index in [1.165, 1.54) is 12.8 Å². The topological polar surface area (TPSA) is 12.0 Å². The molecule has 1 fully saturated rings. The van der Waals surface area contributed by atoms with Gasteiger partial charge in [-0.25, -0.2) is 0 Å². The van der Waals surface area contributed by atoms with Crippen LogP contribution in [0.5, 0.6) is 0 Å².